The maximum absolute atomic E-state index is 12.5. The van der Waals surface area contributed by atoms with Gasteiger partial charge in [0.25, 0.3) is 0 Å². The van der Waals surface area contributed by atoms with Gasteiger partial charge in [-0.2, -0.15) is 0 Å². The lowest BCUT2D eigenvalue weighted by Crippen LogP contribution is -2.45. The lowest BCUT2D eigenvalue weighted by Gasteiger charge is -2.27. The number of anilines is 1. The lowest BCUT2D eigenvalue weighted by molar-refractivity contribution is -0.120. The van der Waals surface area contributed by atoms with Crippen LogP contribution in [-0.4, -0.2) is 33.2 Å². The fourth-order valence-electron chi connectivity index (χ4n) is 4.24. The number of sulfonamides is 1. The van der Waals surface area contributed by atoms with Gasteiger partial charge < -0.3 is 5.32 Å². The highest BCUT2D eigenvalue weighted by Gasteiger charge is 2.40. The Morgan fingerprint density at radius 3 is 2.58 bits per heavy atom. The van der Waals surface area contributed by atoms with Crippen LogP contribution in [0.2, 0.25) is 0 Å². The summed E-state index contributed by atoms with van der Waals surface area (Å²) < 4.78 is 25.7. The van der Waals surface area contributed by atoms with Crippen molar-refractivity contribution in [3.8, 4) is 0 Å². The van der Waals surface area contributed by atoms with Gasteiger partial charge in [-0.15, -0.1) is 0 Å². The third-order valence-electron chi connectivity index (χ3n) is 5.41. The minimum atomic E-state index is -3.52. The number of benzene rings is 1. The smallest absolute Gasteiger partial charge is 0.241 e. The molecule has 2 bridgehead atoms. The molecule has 1 N–H and O–H groups in total. The van der Waals surface area contributed by atoms with E-state index < -0.39 is 10.0 Å². The molecule has 6 heteroatoms. The minimum absolute atomic E-state index is 0.149. The molecule has 24 heavy (non-hydrogen) atoms. The highest BCUT2D eigenvalue weighted by Crippen LogP contribution is 2.44. The highest BCUT2D eigenvalue weighted by molar-refractivity contribution is 7.92. The normalized spacial score (nSPS) is 25.7. The second-order valence-corrected chi connectivity index (χ2v) is 9.01. The summed E-state index contributed by atoms with van der Waals surface area (Å²) in [7, 11) is -3.52. The van der Waals surface area contributed by atoms with Gasteiger partial charge in [0.1, 0.15) is 6.54 Å². The SMILES string of the molecule is CCc1ccccc1N(CC(=O)N[C@H]1C[C@@H]2CC[C@@H]1C2)S(C)(=O)=O. The second kappa shape index (κ2) is 6.75. The summed E-state index contributed by atoms with van der Waals surface area (Å²) in [6.07, 6.45) is 6.58. The van der Waals surface area contributed by atoms with Crippen LogP contribution in [-0.2, 0) is 21.2 Å². The number of para-hydroxylation sites is 1. The van der Waals surface area contributed by atoms with E-state index in [9.17, 15) is 13.2 Å². The van der Waals surface area contributed by atoms with E-state index in [1.165, 1.54) is 23.6 Å². The number of hydrogen-bond donors (Lipinski definition) is 1. The molecule has 1 aromatic rings. The van der Waals surface area contributed by atoms with Gasteiger partial charge in [-0.25, -0.2) is 8.42 Å². The van der Waals surface area contributed by atoms with Crippen LogP contribution in [0.25, 0.3) is 0 Å². The Bertz CT molecular complexity index is 717. The third-order valence-corrected chi connectivity index (χ3v) is 6.54. The van der Waals surface area contributed by atoms with Crippen molar-refractivity contribution in [1.82, 2.24) is 5.32 Å². The Morgan fingerprint density at radius 1 is 1.25 bits per heavy atom. The van der Waals surface area contributed by atoms with Crippen molar-refractivity contribution in [2.75, 3.05) is 17.1 Å². The topological polar surface area (TPSA) is 66.5 Å². The summed E-state index contributed by atoms with van der Waals surface area (Å²) in [5.41, 5.74) is 1.53. The van der Waals surface area contributed by atoms with Crippen LogP contribution in [0.3, 0.4) is 0 Å². The molecule has 1 aromatic carbocycles. The van der Waals surface area contributed by atoms with Gasteiger partial charge in [0, 0.05) is 6.04 Å². The molecule has 2 aliphatic carbocycles. The van der Waals surface area contributed by atoms with Gasteiger partial charge in [-0.3, -0.25) is 9.10 Å². The summed E-state index contributed by atoms with van der Waals surface area (Å²) in [4.78, 5) is 12.5. The monoisotopic (exact) mass is 350 g/mol. The number of nitrogens with one attached hydrogen (secondary N) is 1. The van der Waals surface area contributed by atoms with E-state index in [0.29, 0.717) is 11.6 Å². The van der Waals surface area contributed by atoms with Crippen LogP contribution >= 0.6 is 0 Å². The quantitative estimate of drug-likeness (QED) is 0.856. The third kappa shape index (κ3) is 3.58. The first-order chi connectivity index (χ1) is 11.4. The van der Waals surface area contributed by atoms with Gasteiger partial charge in [0.15, 0.2) is 0 Å². The number of nitrogens with zero attached hydrogens (tertiary/aromatic N) is 1. The number of carbonyl (C=O) groups excluding carboxylic acids is 1. The summed E-state index contributed by atoms with van der Waals surface area (Å²) in [5.74, 6) is 1.12. The first kappa shape index (κ1) is 17.3. The summed E-state index contributed by atoms with van der Waals surface area (Å²) >= 11 is 0. The Balaban J connectivity index is 1.74. The molecular formula is C18H26N2O3S. The van der Waals surface area contributed by atoms with Gasteiger partial charge in [0.05, 0.1) is 11.9 Å². The maximum atomic E-state index is 12.5. The first-order valence-corrected chi connectivity index (χ1v) is 10.6. The van der Waals surface area contributed by atoms with Gasteiger partial charge in [-0.05, 0) is 49.1 Å². The molecule has 1 amide bonds. The Kier molecular flexibility index (Phi) is 4.85. The average Bonchev–Trinajstić information content (AvgIpc) is 3.14. The molecule has 0 heterocycles. The molecule has 5 nitrogen and oxygen atoms in total. The molecular weight excluding hydrogens is 324 g/mol. The molecule has 3 atom stereocenters. The number of fused-ring (bicyclic) bond motifs is 2. The van der Waals surface area contributed by atoms with E-state index in [0.717, 1.165) is 30.6 Å². The van der Waals surface area contributed by atoms with Crippen molar-refractivity contribution in [3.05, 3.63) is 29.8 Å². The van der Waals surface area contributed by atoms with E-state index in [-0.39, 0.29) is 18.5 Å². The van der Waals surface area contributed by atoms with Crippen molar-refractivity contribution < 1.29 is 13.2 Å². The minimum Gasteiger partial charge on any atom is -0.352 e. The van der Waals surface area contributed by atoms with E-state index >= 15 is 0 Å². The van der Waals surface area contributed by atoms with Crippen LogP contribution in [0.5, 0.6) is 0 Å². The number of carbonyl (C=O) groups is 1. The van der Waals surface area contributed by atoms with E-state index in [2.05, 4.69) is 5.32 Å². The molecule has 0 unspecified atom stereocenters. The molecule has 2 aliphatic rings. The molecule has 2 saturated carbocycles. The fraction of sp³-hybridized carbons (Fsp3) is 0.611. The second-order valence-electron chi connectivity index (χ2n) is 7.10. The fourth-order valence-corrected chi connectivity index (χ4v) is 5.13. The van der Waals surface area contributed by atoms with Crippen LogP contribution in [0.4, 0.5) is 5.69 Å². The molecule has 0 spiro atoms. The number of aryl methyl sites for hydroxylation is 1. The van der Waals surface area contributed by atoms with Crippen molar-refractivity contribution in [1.29, 1.82) is 0 Å². The van der Waals surface area contributed by atoms with Gasteiger partial charge in [-0.1, -0.05) is 31.5 Å². The van der Waals surface area contributed by atoms with E-state index in [1.54, 1.807) is 12.1 Å². The summed E-state index contributed by atoms with van der Waals surface area (Å²) in [6, 6.07) is 7.59. The summed E-state index contributed by atoms with van der Waals surface area (Å²) in [5, 5.41) is 3.08. The molecule has 0 aromatic heterocycles. The van der Waals surface area contributed by atoms with Crippen molar-refractivity contribution in [2.45, 2.75) is 45.1 Å². The van der Waals surface area contributed by atoms with E-state index in [4.69, 9.17) is 0 Å². The largest absolute Gasteiger partial charge is 0.352 e. The molecule has 0 aliphatic heterocycles. The maximum Gasteiger partial charge on any atom is 0.241 e. The Morgan fingerprint density at radius 2 is 2.00 bits per heavy atom. The highest BCUT2D eigenvalue weighted by atomic mass is 32.2. The van der Waals surface area contributed by atoms with Gasteiger partial charge >= 0.3 is 0 Å². The predicted molar refractivity (Wildman–Crippen MR) is 95.4 cm³/mol. The van der Waals surface area contributed by atoms with Crippen molar-refractivity contribution in [3.63, 3.8) is 0 Å². The first-order valence-electron chi connectivity index (χ1n) is 8.73. The Labute approximate surface area is 144 Å². The zero-order valence-corrected chi connectivity index (χ0v) is 15.2. The zero-order chi connectivity index (χ0) is 17.3. The standard InChI is InChI=1S/C18H26N2O3S/c1-3-14-6-4-5-7-17(14)20(24(2,22)23)12-18(21)19-16-11-13-8-9-15(16)10-13/h4-7,13,15-16H,3,8-12H2,1-2H3,(H,19,21)/t13-,15-,16+/m1/s1. The van der Waals surface area contributed by atoms with Crippen LogP contribution in [0.1, 0.15) is 38.2 Å². The van der Waals surface area contributed by atoms with Crippen molar-refractivity contribution in [2.24, 2.45) is 11.8 Å². The zero-order valence-electron chi connectivity index (χ0n) is 14.4. The molecule has 3 rings (SSSR count). The van der Waals surface area contributed by atoms with Crippen LogP contribution in [0, 0.1) is 11.8 Å². The number of amides is 1. The average molecular weight is 350 g/mol. The lowest BCUT2D eigenvalue weighted by atomic mass is 9.95. The number of rotatable bonds is 6. The van der Waals surface area contributed by atoms with Crippen molar-refractivity contribution >= 4 is 21.6 Å². The van der Waals surface area contributed by atoms with E-state index in [1.807, 2.05) is 19.1 Å². The molecule has 132 valence electrons. The van der Waals surface area contributed by atoms with Crippen LogP contribution < -0.4 is 9.62 Å². The Hall–Kier alpha value is -1.56. The molecule has 0 radical (unpaired) electrons. The number of hydrogen-bond acceptors (Lipinski definition) is 3. The summed E-state index contributed by atoms with van der Waals surface area (Å²) in [6.45, 7) is 1.83. The van der Waals surface area contributed by atoms with Gasteiger partial charge in [0.2, 0.25) is 15.9 Å². The predicted octanol–water partition coefficient (Wildman–Crippen LogP) is 2.32. The molecule has 0 saturated heterocycles. The van der Waals surface area contributed by atoms with Crippen LogP contribution in [0.15, 0.2) is 24.3 Å². The molecule has 2 fully saturated rings.